The maximum absolute atomic E-state index is 13.2. The molecule has 1 aliphatic carbocycles. The lowest BCUT2D eigenvalue weighted by atomic mass is 10.1. The average molecular weight is 340 g/mol. The van der Waals surface area contributed by atoms with Gasteiger partial charge in [-0.2, -0.15) is 9.36 Å². The van der Waals surface area contributed by atoms with Crippen LogP contribution in [0, 0.1) is 5.82 Å². The summed E-state index contributed by atoms with van der Waals surface area (Å²) in [7, 11) is 0. The van der Waals surface area contributed by atoms with Crippen molar-refractivity contribution in [2.75, 3.05) is 0 Å². The van der Waals surface area contributed by atoms with Crippen molar-refractivity contribution in [1.29, 1.82) is 0 Å². The molecule has 7 nitrogen and oxygen atoms in total. The van der Waals surface area contributed by atoms with Crippen LogP contribution in [0.15, 0.2) is 23.0 Å². The zero-order chi connectivity index (χ0) is 16.6. The first-order valence-electron chi connectivity index (χ1n) is 7.22. The van der Waals surface area contributed by atoms with Gasteiger partial charge in [-0.05, 0) is 47.9 Å². The smallest absolute Gasteiger partial charge is 0.348 e. The lowest BCUT2D eigenvalue weighted by Gasteiger charge is -2.14. The van der Waals surface area contributed by atoms with Crippen LogP contribution in [0.25, 0.3) is 0 Å². The molecule has 122 valence electrons. The molecule has 9 heteroatoms. The number of nitrogens with one attached hydrogen (secondary N) is 1. The van der Waals surface area contributed by atoms with E-state index in [1.54, 1.807) is 13.0 Å². The van der Waals surface area contributed by atoms with Crippen molar-refractivity contribution >= 4 is 17.5 Å². The predicted octanol–water partition coefficient (Wildman–Crippen LogP) is 1.44. The lowest BCUT2D eigenvalue weighted by Crippen LogP contribution is -2.34. The molecule has 0 aliphatic heterocycles. The number of tetrazole rings is 1. The molecule has 2 aromatic rings. The number of hydrogen-bond donors (Lipinski definition) is 1. The number of nitrogens with zero attached hydrogens (tertiary/aromatic N) is 4. The predicted molar refractivity (Wildman–Crippen MR) is 80.5 cm³/mol. The topological polar surface area (TPSA) is 81.8 Å². The number of rotatable bonds is 5. The Morgan fingerprint density at radius 3 is 2.87 bits per heavy atom. The molecule has 1 aromatic carbocycles. The van der Waals surface area contributed by atoms with Gasteiger partial charge in [-0.1, -0.05) is 17.7 Å². The van der Waals surface area contributed by atoms with Crippen LogP contribution in [0.4, 0.5) is 4.39 Å². The van der Waals surface area contributed by atoms with Crippen LogP contribution in [-0.2, 0) is 11.3 Å². The van der Waals surface area contributed by atoms with E-state index in [-0.39, 0.29) is 35.2 Å². The number of amides is 1. The molecule has 1 fully saturated rings. The van der Waals surface area contributed by atoms with E-state index >= 15 is 0 Å². The molecule has 0 radical (unpaired) electrons. The van der Waals surface area contributed by atoms with Gasteiger partial charge in [0.2, 0.25) is 5.91 Å². The number of carbonyl (C=O) groups is 1. The van der Waals surface area contributed by atoms with Crippen molar-refractivity contribution < 1.29 is 9.18 Å². The minimum atomic E-state index is -0.516. The molecule has 0 spiro atoms. The van der Waals surface area contributed by atoms with E-state index in [0.29, 0.717) is 5.56 Å². The van der Waals surface area contributed by atoms with Crippen LogP contribution in [0.5, 0.6) is 0 Å². The average Bonchev–Trinajstić information content (AvgIpc) is 3.28. The van der Waals surface area contributed by atoms with Gasteiger partial charge in [0.1, 0.15) is 12.4 Å². The number of carbonyl (C=O) groups excluding carboxylic acids is 1. The van der Waals surface area contributed by atoms with Gasteiger partial charge in [0.15, 0.2) is 0 Å². The molecule has 0 bridgehead atoms. The standard InChI is InChI=1S/C14H15ClFN5O2/c1-8(9-2-5-12(16)11(15)6-9)17-13(22)7-20-14(23)21(19-18-20)10-3-4-10/h2,5-6,8,10H,3-4,7H2,1H3,(H,17,22)/t8-/m0/s1. The van der Waals surface area contributed by atoms with Crippen LogP contribution < -0.4 is 11.0 Å². The Kier molecular flexibility index (Phi) is 4.16. The van der Waals surface area contributed by atoms with Gasteiger partial charge < -0.3 is 5.32 Å². The molecule has 1 amide bonds. The second-order valence-corrected chi connectivity index (χ2v) is 5.96. The molecule has 0 saturated heterocycles. The van der Waals surface area contributed by atoms with Crippen molar-refractivity contribution in [3.05, 3.63) is 45.1 Å². The summed E-state index contributed by atoms with van der Waals surface area (Å²) in [6, 6.07) is 3.97. The minimum Gasteiger partial charge on any atom is -0.348 e. The Bertz CT molecular complexity index is 799. The van der Waals surface area contributed by atoms with E-state index in [1.165, 1.54) is 16.8 Å². The number of halogens is 2. The highest BCUT2D eigenvalue weighted by Gasteiger charge is 2.28. The molecular weight excluding hydrogens is 325 g/mol. The van der Waals surface area contributed by atoms with E-state index in [4.69, 9.17) is 11.6 Å². The van der Waals surface area contributed by atoms with E-state index in [9.17, 15) is 14.0 Å². The minimum absolute atomic E-state index is 0.00723. The van der Waals surface area contributed by atoms with Gasteiger partial charge in [0.05, 0.1) is 17.1 Å². The van der Waals surface area contributed by atoms with Crippen molar-refractivity contribution in [1.82, 2.24) is 25.1 Å². The highest BCUT2D eigenvalue weighted by molar-refractivity contribution is 6.30. The molecule has 23 heavy (non-hydrogen) atoms. The van der Waals surface area contributed by atoms with Crippen LogP contribution in [0.1, 0.15) is 37.4 Å². The maximum Gasteiger partial charge on any atom is 0.364 e. The van der Waals surface area contributed by atoms with Crippen molar-refractivity contribution in [2.24, 2.45) is 0 Å². The first-order chi connectivity index (χ1) is 11.0. The summed E-state index contributed by atoms with van der Waals surface area (Å²) in [5.41, 5.74) is 0.277. The van der Waals surface area contributed by atoms with Gasteiger partial charge >= 0.3 is 5.69 Å². The zero-order valence-corrected chi connectivity index (χ0v) is 13.1. The first kappa shape index (κ1) is 15.7. The molecular formula is C14H15ClFN5O2. The molecule has 1 aliphatic rings. The van der Waals surface area contributed by atoms with Gasteiger partial charge in [-0.3, -0.25) is 4.79 Å². The molecule has 0 unspecified atom stereocenters. The summed E-state index contributed by atoms with van der Waals surface area (Å²) < 4.78 is 15.5. The summed E-state index contributed by atoms with van der Waals surface area (Å²) in [5, 5.41) is 10.2. The maximum atomic E-state index is 13.2. The fourth-order valence-electron chi connectivity index (χ4n) is 2.22. The zero-order valence-electron chi connectivity index (χ0n) is 12.4. The molecule has 1 saturated carbocycles. The highest BCUT2D eigenvalue weighted by Crippen LogP contribution is 2.32. The number of aromatic nitrogens is 4. The third-order valence-corrected chi connectivity index (χ3v) is 3.96. The fourth-order valence-corrected chi connectivity index (χ4v) is 2.41. The second-order valence-electron chi connectivity index (χ2n) is 5.56. The van der Waals surface area contributed by atoms with E-state index in [2.05, 4.69) is 15.7 Å². The van der Waals surface area contributed by atoms with E-state index in [1.807, 2.05) is 0 Å². The third kappa shape index (κ3) is 3.42. The van der Waals surface area contributed by atoms with Gasteiger partial charge in [0, 0.05) is 0 Å². The van der Waals surface area contributed by atoms with Crippen LogP contribution in [0.2, 0.25) is 5.02 Å². The largest absolute Gasteiger partial charge is 0.364 e. The number of hydrogen-bond acceptors (Lipinski definition) is 4. The van der Waals surface area contributed by atoms with Crippen LogP contribution in [-0.4, -0.2) is 25.7 Å². The van der Waals surface area contributed by atoms with Crippen molar-refractivity contribution in [2.45, 2.75) is 38.4 Å². The Morgan fingerprint density at radius 1 is 1.48 bits per heavy atom. The summed E-state index contributed by atoms with van der Waals surface area (Å²) in [6.45, 7) is 1.52. The normalized spacial score (nSPS) is 15.4. The highest BCUT2D eigenvalue weighted by atomic mass is 35.5. The van der Waals surface area contributed by atoms with E-state index in [0.717, 1.165) is 17.5 Å². The summed E-state index contributed by atoms with van der Waals surface area (Å²) in [6.07, 6.45) is 1.82. The fraction of sp³-hybridized carbons (Fsp3) is 0.429. The molecule has 3 rings (SSSR count). The lowest BCUT2D eigenvalue weighted by molar-refractivity contribution is -0.122. The quantitative estimate of drug-likeness (QED) is 0.893. The molecule has 1 atom stereocenters. The van der Waals surface area contributed by atoms with E-state index < -0.39 is 5.82 Å². The monoisotopic (exact) mass is 339 g/mol. The third-order valence-electron chi connectivity index (χ3n) is 3.67. The Morgan fingerprint density at radius 2 is 2.22 bits per heavy atom. The Hall–Kier alpha value is -2.22. The second kappa shape index (κ2) is 6.11. The molecule has 1 heterocycles. The molecule has 1 aromatic heterocycles. The van der Waals surface area contributed by atoms with Crippen LogP contribution >= 0.6 is 11.6 Å². The SMILES string of the molecule is C[C@H](NC(=O)Cn1nnn(C2CC2)c1=O)c1ccc(F)c(Cl)c1. The summed E-state index contributed by atoms with van der Waals surface area (Å²) in [5.74, 6) is -0.903. The summed E-state index contributed by atoms with van der Waals surface area (Å²) >= 11 is 5.73. The van der Waals surface area contributed by atoms with Crippen molar-refractivity contribution in [3.63, 3.8) is 0 Å². The summed E-state index contributed by atoms with van der Waals surface area (Å²) in [4.78, 5) is 24.0. The van der Waals surface area contributed by atoms with Gasteiger partial charge in [-0.25, -0.2) is 9.18 Å². The Labute approximate surface area is 136 Å². The van der Waals surface area contributed by atoms with Crippen molar-refractivity contribution in [3.8, 4) is 0 Å². The van der Waals surface area contributed by atoms with Crippen LogP contribution in [0.3, 0.4) is 0 Å². The molecule has 1 N–H and O–H groups in total. The van der Waals surface area contributed by atoms with Gasteiger partial charge in [-0.15, -0.1) is 0 Å². The Balaban J connectivity index is 1.64. The number of benzene rings is 1. The van der Waals surface area contributed by atoms with Gasteiger partial charge in [0.25, 0.3) is 0 Å². The first-order valence-corrected chi connectivity index (χ1v) is 7.60.